The highest BCUT2D eigenvalue weighted by Crippen LogP contribution is 2.35. The maximum atomic E-state index is 15.2. The van der Waals surface area contributed by atoms with Crippen molar-refractivity contribution in [3.8, 4) is 11.5 Å². The molecule has 0 unspecified atom stereocenters. The number of rotatable bonds is 11. The van der Waals surface area contributed by atoms with Crippen LogP contribution in [-0.4, -0.2) is 50.9 Å². The first-order valence-corrected chi connectivity index (χ1v) is 15.1. The van der Waals surface area contributed by atoms with Crippen LogP contribution in [0.4, 0.5) is 4.39 Å². The smallest absolute Gasteiger partial charge is 0.253 e. The van der Waals surface area contributed by atoms with Crippen LogP contribution in [0, 0.1) is 12.7 Å². The van der Waals surface area contributed by atoms with Gasteiger partial charge in [0.15, 0.2) is 17.3 Å². The number of hydrogen-bond donors (Lipinski definition) is 1. The van der Waals surface area contributed by atoms with Gasteiger partial charge >= 0.3 is 0 Å². The topological polar surface area (TPSA) is 98.2 Å². The summed E-state index contributed by atoms with van der Waals surface area (Å²) in [5.74, 6) is 1.55. The van der Waals surface area contributed by atoms with Gasteiger partial charge in [-0.1, -0.05) is 55.3 Å². The number of aromatic nitrogens is 5. The number of aromatic amines is 1. The van der Waals surface area contributed by atoms with Crippen LogP contribution in [0.2, 0.25) is 0 Å². The molecule has 0 aliphatic heterocycles. The Labute approximate surface area is 255 Å². The lowest BCUT2D eigenvalue weighted by molar-refractivity contribution is 0.199. The predicted molar refractivity (Wildman–Crippen MR) is 167 cm³/mol. The minimum Gasteiger partial charge on any atom is -0.493 e. The molecule has 1 fully saturated rings. The number of tetrazole rings is 1. The number of para-hydroxylation sites is 1. The molecule has 0 bridgehead atoms. The molecule has 0 spiro atoms. The molecule has 2 heterocycles. The summed E-state index contributed by atoms with van der Waals surface area (Å²) in [6.45, 7) is 2.70. The lowest BCUT2D eigenvalue weighted by Crippen LogP contribution is -2.37. The van der Waals surface area contributed by atoms with Gasteiger partial charge in [-0.3, -0.25) is 9.69 Å². The Balaban J connectivity index is 1.49. The van der Waals surface area contributed by atoms with Crippen molar-refractivity contribution in [1.29, 1.82) is 0 Å². The van der Waals surface area contributed by atoms with E-state index in [-0.39, 0.29) is 24.0 Å². The second-order valence-corrected chi connectivity index (χ2v) is 11.4. The van der Waals surface area contributed by atoms with Crippen LogP contribution in [0.25, 0.3) is 10.9 Å². The zero-order valence-corrected chi connectivity index (χ0v) is 25.3. The predicted octanol–water partition coefficient (Wildman–Crippen LogP) is 5.93. The zero-order valence-electron chi connectivity index (χ0n) is 25.3. The monoisotopic (exact) mass is 596 g/mol. The SMILES string of the molecule is COc1ccc(CCN(Cc2ccccc2F)[C@H](c2cc3cccc(C)c3[nH]c2=O)c2nnnn2C2CCCC2)cc1OC. The van der Waals surface area contributed by atoms with Crippen molar-refractivity contribution in [2.75, 3.05) is 20.8 Å². The molecule has 0 radical (unpaired) electrons. The van der Waals surface area contributed by atoms with Crippen molar-refractivity contribution in [1.82, 2.24) is 30.1 Å². The summed E-state index contributed by atoms with van der Waals surface area (Å²) < 4.78 is 28.1. The third-order valence-corrected chi connectivity index (χ3v) is 8.68. The molecule has 1 aliphatic rings. The summed E-state index contributed by atoms with van der Waals surface area (Å²) in [7, 11) is 3.22. The van der Waals surface area contributed by atoms with Crippen molar-refractivity contribution in [2.45, 2.75) is 57.7 Å². The number of H-pyrrole nitrogens is 1. The highest BCUT2D eigenvalue weighted by molar-refractivity contribution is 5.82. The lowest BCUT2D eigenvalue weighted by atomic mass is 10.00. The van der Waals surface area contributed by atoms with Crippen LogP contribution in [0.5, 0.6) is 11.5 Å². The number of fused-ring (bicyclic) bond motifs is 1. The molecule has 0 saturated heterocycles. The molecule has 1 atom stereocenters. The fraction of sp³-hybridized carbons (Fsp3) is 0.353. The lowest BCUT2D eigenvalue weighted by Gasteiger charge is -2.32. The fourth-order valence-corrected chi connectivity index (χ4v) is 6.35. The quantitative estimate of drug-likeness (QED) is 0.202. The first-order valence-electron chi connectivity index (χ1n) is 15.1. The van der Waals surface area contributed by atoms with E-state index >= 15 is 4.39 Å². The molecule has 228 valence electrons. The molecule has 1 N–H and O–H groups in total. The van der Waals surface area contributed by atoms with Gasteiger partial charge in [0.2, 0.25) is 0 Å². The molecule has 5 aromatic rings. The molecule has 3 aromatic carbocycles. The molecule has 0 amide bonds. The molecule has 2 aromatic heterocycles. The number of hydrogen-bond acceptors (Lipinski definition) is 7. The summed E-state index contributed by atoms with van der Waals surface area (Å²) >= 11 is 0. The van der Waals surface area contributed by atoms with Crippen molar-refractivity contribution in [3.63, 3.8) is 0 Å². The minimum atomic E-state index is -0.640. The first kappa shape index (κ1) is 29.5. The highest BCUT2D eigenvalue weighted by Gasteiger charge is 2.33. The van der Waals surface area contributed by atoms with Gasteiger partial charge in [0.05, 0.1) is 25.8 Å². The first-order chi connectivity index (χ1) is 21.5. The van der Waals surface area contributed by atoms with E-state index in [1.54, 1.807) is 26.4 Å². The zero-order chi connectivity index (χ0) is 30.6. The van der Waals surface area contributed by atoms with Crippen LogP contribution in [0.1, 0.15) is 65.8 Å². The van der Waals surface area contributed by atoms with Gasteiger partial charge < -0.3 is 14.5 Å². The van der Waals surface area contributed by atoms with Crippen molar-refractivity contribution in [3.05, 3.63) is 111 Å². The van der Waals surface area contributed by atoms with E-state index in [1.807, 2.05) is 60.1 Å². The van der Waals surface area contributed by atoms with Crippen LogP contribution in [0.15, 0.2) is 71.5 Å². The van der Waals surface area contributed by atoms with E-state index in [0.29, 0.717) is 41.4 Å². The summed E-state index contributed by atoms with van der Waals surface area (Å²) in [6.07, 6.45) is 4.74. The summed E-state index contributed by atoms with van der Waals surface area (Å²) in [4.78, 5) is 19.2. The van der Waals surface area contributed by atoms with Gasteiger partial charge in [-0.25, -0.2) is 9.07 Å². The third kappa shape index (κ3) is 5.94. The molecule has 1 aliphatic carbocycles. The van der Waals surface area contributed by atoms with E-state index in [9.17, 15) is 4.79 Å². The average molecular weight is 597 g/mol. The number of aryl methyl sites for hydroxylation is 1. The van der Waals surface area contributed by atoms with E-state index in [2.05, 4.69) is 25.4 Å². The van der Waals surface area contributed by atoms with Crippen LogP contribution in [0.3, 0.4) is 0 Å². The molecule has 6 rings (SSSR count). The average Bonchev–Trinajstić information content (AvgIpc) is 3.74. The van der Waals surface area contributed by atoms with E-state index < -0.39 is 6.04 Å². The number of halogens is 1. The van der Waals surface area contributed by atoms with Crippen LogP contribution >= 0.6 is 0 Å². The number of ether oxygens (including phenoxy) is 2. The molecule has 9 nitrogen and oxygen atoms in total. The number of nitrogens with one attached hydrogen (secondary N) is 1. The van der Waals surface area contributed by atoms with Gasteiger partial charge in [0, 0.05) is 24.2 Å². The molecule has 10 heteroatoms. The van der Waals surface area contributed by atoms with Crippen LogP contribution < -0.4 is 15.0 Å². The van der Waals surface area contributed by atoms with Crippen molar-refractivity contribution >= 4 is 10.9 Å². The Morgan fingerprint density at radius 1 is 1.02 bits per heavy atom. The Morgan fingerprint density at radius 3 is 2.59 bits per heavy atom. The van der Waals surface area contributed by atoms with Crippen molar-refractivity contribution < 1.29 is 13.9 Å². The standard InChI is InChI=1S/C34H37FN6O3/c1-22-9-8-11-24-20-27(34(42)36-31(22)24)32(33-37-38-39-41(33)26-12-5-6-13-26)40(21-25-10-4-7-14-28(25)35)18-17-23-15-16-29(43-2)30(19-23)44-3/h4,7-11,14-16,19-20,26,32H,5-6,12-13,17-18,21H2,1-3H3,(H,36,42)/t32-/m1/s1. The number of nitrogens with zero attached hydrogens (tertiary/aromatic N) is 5. The van der Waals surface area contributed by atoms with Gasteiger partial charge in [0.25, 0.3) is 5.56 Å². The van der Waals surface area contributed by atoms with E-state index in [1.165, 1.54) is 6.07 Å². The Bertz CT molecular complexity index is 1810. The molecule has 1 saturated carbocycles. The molecule has 44 heavy (non-hydrogen) atoms. The van der Waals surface area contributed by atoms with E-state index in [4.69, 9.17) is 9.47 Å². The minimum absolute atomic E-state index is 0.144. The number of benzene rings is 3. The van der Waals surface area contributed by atoms with Gasteiger partial charge in [-0.2, -0.15) is 0 Å². The largest absolute Gasteiger partial charge is 0.493 e. The Morgan fingerprint density at radius 2 is 1.82 bits per heavy atom. The van der Waals surface area contributed by atoms with Crippen molar-refractivity contribution in [2.24, 2.45) is 0 Å². The fourth-order valence-electron chi connectivity index (χ4n) is 6.35. The van der Waals surface area contributed by atoms with Gasteiger partial charge in [-0.05, 0) is 77.4 Å². The molecular formula is C34H37FN6O3. The van der Waals surface area contributed by atoms with Gasteiger partial charge in [-0.15, -0.1) is 5.10 Å². The second-order valence-electron chi connectivity index (χ2n) is 11.4. The Kier molecular flexibility index (Phi) is 8.70. The summed E-state index contributed by atoms with van der Waals surface area (Å²) in [5.41, 5.74) is 3.61. The normalized spacial score (nSPS) is 14.4. The van der Waals surface area contributed by atoms with Gasteiger partial charge in [0.1, 0.15) is 11.9 Å². The number of pyridine rings is 1. The highest BCUT2D eigenvalue weighted by atomic mass is 19.1. The summed E-state index contributed by atoms with van der Waals surface area (Å²) in [5, 5.41) is 14.0. The maximum absolute atomic E-state index is 15.2. The maximum Gasteiger partial charge on any atom is 0.253 e. The molecular weight excluding hydrogens is 559 g/mol. The van der Waals surface area contributed by atoms with E-state index in [0.717, 1.165) is 47.7 Å². The Hall–Kier alpha value is -4.57. The third-order valence-electron chi connectivity index (χ3n) is 8.68. The number of methoxy groups -OCH3 is 2. The van der Waals surface area contributed by atoms with Crippen LogP contribution in [-0.2, 0) is 13.0 Å². The second kappa shape index (κ2) is 13.0. The summed E-state index contributed by atoms with van der Waals surface area (Å²) in [6, 6.07) is 20.0.